The van der Waals surface area contributed by atoms with Crippen LogP contribution in [0.5, 0.6) is 0 Å². The number of aliphatic imine (C=N–C) groups is 1. The molecule has 0 bridgehead atoms. The van der Waals surface area contributed by atoms with Crippen molar-refractivity contribution in [3.63, 3.8) is 0 Å². The maximum Gasteiger partial charge on any atom is 0.266 e. The minimum atomic E-state index is -1.59. The zero-order valence-corrected chi connectivity index (χ0v) is 9.64. The van der Waals surface area contributed by atoms with E-state index in [9.17, 15) is 8.78 Å². The fourth-order valence-electron chi connectivity index (χ4n) is 0.993. The van der Waals surface area contributed by atoms with E-state index in [1.165, 1.54) is 0 Å². The third-order valence-electron chi connectivity index (χ3n) is 1.80. The van der Waals surface area contributed by atoms with E-state index in [0.29, 0.717) is 18.2 Å². The summed E-state index contributed by atoms with van der Waals surface area (Å²) in [5.74, 6) is 1.74. The van der Waals surface area contributed by atoms with Crippen LogP contribution in [0.2, 0.25) is 0 Å². The van der Waals surface area contributed by atoms with Crippen LogP contribution >= 0.6 is 23.5 Å². The molecule has 0 spiro atoms. The highest BCUT2D eigenvalue weighted by Gasteiger charge is 2.15. The van der Waals surface area contributed by atoms with Crippen LogP contribution in [0, 0.1) is 0 Å². The normalized spacial score (nSPS) is 20.8. The number of hydrogen-bond donors (Lipinski definition) is 0. The topological polar surface area (TPSA) is 12.4 Å². The zero-order valence-electron chi connectivity index (χ0n) is 8.00. The van der Waals surface area contributed by atoms with Gasteiger partial charge in [0.1, 0.15) is 4.38 Å². The molecule has 0 saturated carbocycles. The van der Waals surface area contributed by atoms with Crippen LogP contribution < -0.4 is 0 Å². The Balaban J connectivity index is 2.16. The molecule has 1 aliphatic rings. The molecular weight excluding hydrogens is 224 g/mol. The summed E-state index contributed by atoms with van der Waals surface area (Å²) in [6.45, 7) is 2.11. The first-order valence-electron chi connectivity index (χ1n) is 4.57. The Morgan fingerprint density at radius 3 is 3.07 bits per heavy atom. The smallest absolute Gasteiger partial charge is 0.266 e. The highest BCUT2D eigenvalue weighted by Crippen LogP contribution is 2.27. The van der Waals surface area contributed by atoms with E-state index >= 15 is 0 Å². The Morgan fingerprint density at radius 2 is 2.50 bits per heavy atom. The number of allylic oxidation sites excluding steroid dienone is 1. The Bertz CT molecular complexity index is 237. The van der Waals surface area contributed by atoms with Crippen LogP contribution in [0.15, 0.2) is 17.1 Å². The van der Waals surface area contributed by atoms with Crippen LogP contribution in [-0.4, -0.2) is 21.9 Å². The zero-order chi connectivity index (χ0) is 10.4. The van der Waals surface area contributed by atoms with Crippen molar-refractivity contribution in [2.75, 3.05) is 11.5 Å². The maximum absolute atomic E-state index is 11.7. The van der Waals surface area contributed by atoms with Gasteiger partial charge in [0.15, 0.2) is 0 Å². The second-order valence-corrected chi connectivity index (χ2v) is 5.25. The molecule has 5 heteroatoms. The van der Waals surface area contributed by atoms with Gasteiger partial charge < -0.3 is 0 Å². The first-order chi connectivity index (χ1) is 6.72. The Kier molecular flexibility index (Phi) is 5.55. The average Bonchev–Trinajstić information content (AvgIpc) is 2.60. The number of rotatable bonds is 4. The van der Waals surface area contributed by atoms with E-state index in [-0.39, 0.29) is 0 Å². The van der Waals surface area contributed by atoms with Crippen LogP contribution in [0.25, 0.3) is 0 Å². The van der Waals surface area contributed by atoms with Crippen LogP contribution in [0.1, 0.15) is 19.8 Å². The molecule has 0 aliphatic carbocycles. The largest absolute Gasteiger partial charge is 0.267 e. The molecule has 0 radical (unpaired) electrons. The molecule has 0 aromatic carbocycles. The SMILES string of the molecule is CC[C@@H]1CSC(SCCC=C(F)F)=N1. The minimum absolute atomic E-state index is 0.420. The maximum atomic E-state index is 11.7. The standard InChI is InChI=1S/C9H13F2NS2/c1-2-7-6-14-9(12-7)13-5-3-4-8(10)11/h4,7H,2-3,5-6H2,1H3/t7-/m1/s1. The number of halogens is 2. The van der Waals surface area contributed by atoms with Gasteiger partial charge in [-0.15, -0.1) is 0 Å². The van der Waals surface area contributed by atoms with Crippen molar-refractivity contribution in [2.45, 2.75) is 25.8 Å². The third kappa shape index (κ3) is 4.46. The Morgan fingerprint density at radius 1 is 1.71 bits per heavy atom. The minimum Gasteiger partial charge on any atom is -0.267 e. The lowest BCUT2D eigenvalue weighted by atomic mass is 10.3. The summed E-state index contributed by atoms with van der Waals surface area (Å²) in [4.78, 5) is 4.46. The monoisotopic (exact) mass is 237 g/mol. The van der Waals surface area contributed by atoms with Gasteiger partial charge in [-0.2, -0.15) is 8.78 Å². The summed E-state index contributed by atoms with van der Waals surface area (Å²) in [6, 6.07) is 0.441. The van der Waals surface area contributed by atoms with E-state index in [4.69, 9.17) is 0 Å². The van der Waals surface area contributed by atoms with Crippen molar-refractivity contribution in [2.24, 2.45) is 4.99 Å². The van der Waals surface area contributed by atoms with Crippen LogP contribution in [0.4, 0.5) is 8.78 Å². The van der Waals surface area contributed by atoms with Gasteiger partial charge in [-0.05, 0) is 18.9 Å². The van der Waals surface area contributed by atoms with Crippen molar-refractivity contribution in [1.82, 2.24) is 0 Å². The van der Waals surface area contributed by atoms with Gasteiger partial charge in [0, 0.05) is 11.5 Å². The quantitative estimate of drug-likeness (QED) is 0.690. The van der Waals surface area contributed by atoms with Gasteiger partial charge >= 0.3 is 0 Å². The molecule has 1 aliphatic heterocycles. The van der Waals surface area contributed by atoms with E-state index < -0.39 is 6.08 Å². The molecule has 0 aromatic rings. The second kappa shape index (κ2) is 6.45. The third-order valence-corrected chi connectivity index (χ3v) is 4.20. The summed E-state index contributed by atoms with van der Waals surface area (Å²) < 4.78 is 24.4. The van der Waals surface area contributed by atoms with Crippen molar-refractivity contribution in [3.05, 3.63) is 12.2 Å². The van der Waals surface area contributed by atoms with Gasteiger partial charge in [-0.3, -0.25) is 4.99 Å². The summed E-state index contributed by atoms with van der Waals surface area (Å²) in [5.41, 5.74) is 0. The molecule has 0 fully saturated rings. The highest BCUT2D eigenvalue weighted by atomic mass is 32.2. The van der Waals surface area contributed by atoms with Crippen molar-refractivity contribution in [1.29, 1.82) is 0 Å². The fourth-order valence-corrected chi connectivity index (χ4v) is 3.28. The van der Waals surface area contributed by atoms with Gasteiger partial charge in [0.25, 0.3) is 6.08 Å². The van der Waals surface area contributed by atoms with E-state index in [1.807, 2.05) is 0 Å². The first-order valence-corrected chi connectivity index (χ1v) is 6.54. The Hall–Kier alpha value is -0.0300. The van der Waals surface area contributed by atoms with Crippen LogP contribution in [0.3, 0.4) is 0 Å². The fraction of sp³-hybridized carbons (Fsp3) is 0.667. The summed E-state index contributed by atoms with van der Waals surface area (Å²) in [6.07, 6.45) is 0.863. The van der Waals surface area contributed by atoms with Crippen LogP contribution in [-0.2, 0) is 0 Å². The summed E-state index contributed by atoms with van der Waals surface area (Å²) in [7, 11) is 0. The Labute approximate surface area is 91.4 Å². The molecule has 0 saturated heterocycles. The molecule has 80 valence electrons. The molecule has 0 N–H and O–H groups in total. The lowest BCUT2D eigenvalue weighted by Crippen LogP contribution is -1.99. The first kappa shape index (κ1) is 12.0. The number of nitrogens with zero attached hydrogens (tertiary/aromatic N) is 1. The molecule has 0 aromatic heterocycles. The van der Waals surface area contributed by atoms with Crippen molar-refractivity contribution < 1.29 is 8.78 Å². The predicted molar refractivity (Wildman–Crippen MR) is 61.3 cm³/mol. The molecule has 1 heterocycles. The summed E-state index contributed by atoms with van der Waals surface area (Å²) >= 11 is 3.32. The molecule has 0 unspecified atom stereocenters. The lowest BCUT2D eigenvalue weighted by molar-refractivity contribution is 0.418. The summed E-state index contributed by atoms with van der Waals surface area (Å²) in [5, 5.41) is 0. The molecule has 1 nitrogen and oxygen atoms in total. The average molecular weight is 237 g/mol. The lowest BCUT2D eigenvalue weighted by Gasteiger charge is -1.96. The second-order valence-electron chi connectivity index (χ2n) is 2.90. The van der Waals surface area contributed by atoms with Gasteiger partial charge in [0.2, 0.25) is 0 Å². The molecular formula is C9H13F2NS2. The molecule has 14 heavy (non-hydrogen) atoms. The molecule has 0 amide bonds. The number of hydrogen-bond acceptors (Lipinski definition) is 3. The van der Waals surface area contributed by atoms with Gasteiger partial charge in [-0.25, -0.2) is 0 Å². The van der Waals surface area contributed by atoms with Gasteiger partial charge in [-0.1, -0.05) is 30.4 Å². The number of thioether (sulfide) groups is 2. The van der Waals surface area contributed by atoms with Gasteiger partial charge in [0.05, 0.1) is 6.04 Å². The molecule has 1 atom stereocenters. The van der Waals surface area contributed by atoms with E-state index in [2.05, 4.69) is 11.9 Å². The van der Waals surface area contributed by atoms with Crippen molar-refractivity contribution >= 4 is 27.9 Å². The van der Waals surface area contributed by atoms with E-state index in [0.717, 1.165) is 22.6 Å². The highest BCUT2D eigenvalue weighted by molar-refractivity contribution is 8.39. The predicted octanol–water partition coefficient (Wildman–Crippen LogP) is 3.77. The van der Waals surface area contributed by atoms with Crippen molar-refractivity contribution in [3.8, 4) is 0 Å². The van der Waals surface area contributed by atoms with E-state index in [1.54, 1.807) is 23.5 Å². The molecule has 1 rings (SSSR count).